The highest BCUT2D eigenvalue weighted by Crippen LogP contribution is 2.37. The van der Waals surface area contributed by atoms with Crippen LogP contribution in [0.3, 0.4) is 0 Å². The van der Waals surface area contributed by atoms with Gasteiger partial charge in [0.25, 0.3) is 0 Å². The number of carbonyl (C=O) groups excluding carboxylic acids is 2. The predicted molar refractivity (Wildman–Crippen MR) is 142 cm³/mol. The number of rotatable bonds is 10. The zero-order valence-corrected chi connectivity index (χ0v) is 22.3. The van der Waals surface area contributed by atoms with Crippen molar-refractivity contribution in [3.8, 4) is 11.5 Å². The number of anilines is 1. The van der Waals surface area contributed by atoms with E-state index >= 15 is 0 Å². The number of amides is 2. The molecule has 200 valence electrons. The van der Waals surface area contributed by atoms with E-state index in [1.807, 2.05) is 19.1 Å². The van der Waals surface area contributed by atoms with E-state index in [1.54, 1.807) is 24.3 Å². The van der Waals surface area contributed by atoms with E-state index in [0.29, 0.717) is 33.2 Å². The summed E-state index contributed by atoms with van der Waals surface area (Å²) in [5, 5.41) is 6.72. The Bertz CT molecular complexity index is 1320. The first-order valence-corrected chi connectivity index (χ1v) is 12.3. The molecular formula is C26H22BrClF3N3O4. The zero-order chi connectivity index (χ0) is 27.7. The van der Waals surface area contributed by atoms with Crippen LogP contribution in [0.2, 0.25) is 5.02 Å². The lowest BCUT2D eigenvalue weighted by molar-refractivity contribution is -0.137. The molecule has 3 aromatic rings. The van der Waals surface area contributed by atoms with E-state index in [-0.39, 0.29) is 12.3 Å². The number of alkyl halides is 3. The molecule has 2 amide bonds. The molecule has 0 saturated carbocycles. The smallest absolute Gasteiger partial charge is 0.416 e. The van der Waals surface area contributed by atoms with Gasteiger partial charge in [0.1, 0.15) is 13.0 Å². The molecule has 12 heteroatoms. The van der Waals surface area contributed by atoms with E-state index in [4.69, 9.17) is 21.1 Å². The Morgan fingerprint density at radius 2 is 1.79 bits per heavy atom. The van der Waals surface area contributed by atoms with Gasteiger partial charge in [0.15, 0.2) is 11.5 Å². The number of benzene rings is 3. The molecule has 0 atom stereocenters. The number of nitrogens with zero attached hydrogens (tertiary/aromatic N) is 1. The summed E-state index contributed by atoms with van der Waals surface area (Å²) in [4.78, 5) is 24.1. The minimum atomic E-state index is -4.55. The van der Waals surface area contributed by atoms with E-state index in [1.165, 1.54) is 12.3 Å². The molecule has 0 fully saturated rings. The van der Waals surface area contributed by atoms with E-state index in [0.717, 1.165) is 23.8 Å². The first-order chi connectivity index (χ1) is 18.0. The highest BCUT2D eigenvalue weighted by molar-refractivity contribution is 9.10. The van der Waals surface area contributed by atoms with Crippen molar-refractivity contribution >= 4 is 51.2 Å². The second-order valence-electron chi connectivity index (χ2n) is 7.77. The third-order valence-corrected chi connectivity index (χ3v) is 5.67. The highest BCUT2D eigenvalue weighted by Gasteiger charge is 2.30. The Balaban J connectivity index is 1.58. The quantitative estimate of drug-likeness (QED) is 0.154. The molecule has 0 aliphatic rings. The largest absolute Gasteiger partial charge is 0.490 e. The number of hydrogen-bond donors (Lipinski definition) is 2. The fraction of sp³-hybridized carbons (Fsp3) is 0.192. The molecular weight excluding hydrogens is 591 g/mol. The third kappa shape index (κ3) is 8.77. The van der Waals surface area contributed by atoms with Crippen molar-refractivity contribution in [3.05, 3.63) is 86.8 Å². The summed E-state index contributed by atoms with van der Waals surface area (Å²) in [6, 6.07) is 14.7. The Kier molecular flexibility index (Phi) is 10.1. The summed E-state index contributed by atoms with van der Waals surface area (Å²) in [6.07, 6.45) is -3.84. The summed E-state index contributed by atoms with van der Waals surface area (Å²) in [7, 11) is 0. The van der Waals surface area contributed by atoms with Crippen LogP contribution >= 0.6 is 27.5 Å². The van der Waals surface area contributed by atoms with Gasteiger partial charge in [0.05, 0.1) is 22.9 Å². The van der Waals surface area contributed by atoms with E-state index in [2.05, 4.69) is 31.8 Å². The van der Waals surface area contributed by atoms with Crippen molar-refractivity contribution in [2.45, 2.75) is 26.1 Å². The fourth-order valence-corrected chi connectivity index (χ4v) is 3.84. The summed E-state index contributed by atoms with van der Waals surface area (Å²) >= 11 is 9.37. The van der Waals surface area contributed by atoms with Crippen molar-refractivity contribution < 1.29 is 32.2 Å². The Morgan fingerprint density at radius 1 is 1.05 bits per heavy atom. The number of carbonyl (C=O) groups is 2. The van der Waals surface area contributed by atoms with Crippen molar-refractivity contribution in [1.82, 2.24) is 5.43 Å². The van der Waals surface area contributed by atoms with Gasteiger partial charge in [-0.05, 0) is 76.4 Å². The van der Waals surface area contributed by atoms with Gasteiger partial charge in [-0.3, -0.25) is 9.59 Å². The maximum atomic E-state index is 12.8. The minimum absolute atomic E-state index is 0.0761. The fourth-order valence-electron chi connectivity index (χ4n) is 3.14. The number of halogens is 5. The maximum absolute atomic E-state index is 12.8. The van der Waals surface area contributed by atoms with Crippen LogP contribution in [0.15, 0.2) is 70.2 Å². The summed E-state index contributed by atoms with van der Waals surface area (Å²) in [5.41, 5.74) is 2.70. The molecule has 0 aromatic heterocycles. The lowest BCUT2D eigenvalue weighted by atomic mass is 10.2. The van der Waals surface area contributed by atoms with Crippen LogP contribution in [-0.2, 0) is 22.4 Å². The topological polar surface area (TPSA) is 89.0 Å². The van der Waals surface area contributed by atoms with Gasteiger partial charge in [-0.15, -0.1) is 0 Å². The first kappa shape index (κ1) is 29.0. The van der Waals surface area contributed by atoms with Crippen molar-refractivity contribution in [3.63, 3.8) is 0 Å². The van der Waals surface area contributed by atoms with Crippen LogP contribution < -0.4 is 20.2 Å². The normalized spacial score (nSPS) is 11.3. The SMILES string of the molecule is CCOc1cc(C=NNC(=O)CC(=O)Nc2cccc(C(F)(F)F)c2)cc(Br)c1OCc1ccc(Cl)cc1. The number of ether oxygens (including phenoxy) is 2. The van der Waals surface area contributed by atoms with Crippen LogP contribution in [0.4, 0.5) is 18.9 Å². The first-order valence-electron chi connectivity index (χ1n) is 11.2. The van der Waals surface area contributed by atoms with Gasteiger partial charge in [0.2, 0.25) is 11.8 Å². The molecule has 3 aromatic carbocycles. The highest BCUT2D eigenvalue weighted by atomic mass is 79.9. The molecule has 0 aliphatic carbocycles. The molecule has 0 bridgehead atoms. The van der Waals surface area contributed by atoms with Gasteiger partial charge < -0.3 is 14.8 Å². The Morgan fingerprint density at radius 3 is 2.47 bits per heavy atom. The number of hydrazone groups is 1. The van der Waals surface area contributed by atoms with Crippen molar-refractivity contribution in [2.24, 2.45) is 5.10 Å². The standard InChI is InChI=1S/C26H22BrClF3N3O4/c1-2-37-22-11-17(10-21(27)25(22)38-15-16-6-8-19(28)9-7-16)14-32-34-24(36)13-23(35)33-20-5-3-4-18(12-20)26(29,30)31/h3-12,14H,2,13,15H2,1H3,(H,33,35)(H,34,36). The van der Waals surface area contributed by atoms with Gasteiger partial charge in [-0.2, -0.15) is 18.3 Å². The average molecular weight is 613 g/mol. The molecule has 38 heavy (non-hydrogen) atoms. The molecule has 0 unspecified atom stereocenters. The van der Waals surface area contributed by atoms with Gasteiger partial charge in [-0.25, -0.2) is 5.43 Å². The second kappa shape index (κ2) is 13.3. The minimum Gasteiger partial charge on any atom is -0.490 e. The monoisotopic (exact) mass is 611 g/mol. The Labute approximate surface area is 230 Å². The van der Waals surface area contributed by atoms with Gasteiger partial charge in [-0.1, -0.05) is 29.8 Å². The van der Waals surface area contributed by atoms with E-state index in [9.17, 15) is 22.8 Å². The maximum Gasteiger partial charge on any atom is 0.416 e. The van der Waals surface area contributed by atoms with Gasteiger partial charge >= 0.3 is 6.18 Å². The zero-order valence-electron chi connectivity index (χ0n) is 19.9. The molecule has 0 spiro atoms. The van der Waals surface area contributed by atoms with Crippen LogP contribution in [0.1, 0.15) is 30.0 Å². The lowest BCUT2D eigenvalue weighted by Gasteiger charge is -2.14. The van der Waals surface area contributed by atoms with Crippen LogP contribution in [0, 0.1) is 0 Å². The molecule has 2 N–H and O–H groups in total. The Hall–Kier alpha value is -3.57. The summed E-state index contributed by atoms with van der Waals surface area (Å²) in [6.45, 7) is 2.48. The molecule has 0 aliphatic heterocycles. The summed E-state index contributed by atoms with van der Waals surface area (Å²) < 4.78 is 50.6. The van der Waals surface area contributed by atoms with Crippen LogP contribution in [0.25, 0.3) is 0 Å². The second-order valence-corrected chi connectivity index (χ2v) is 9.07. The summed E-state index contributed by atoms with van der Waals surface area (Å²) in [5.74, 6) is -0.614. The third-order valence-electron chi connectivity index (χ3n) is 4.83. The molecule has 0 radical (unpaired) electrons. The average Bonchev–Trinajstić information content (AvgIpc) is 2.84. The van der Waals surface area contributed by atoms with E-state index < -0.39 is 30.0 Å². The molecule has 7 nitrogen and oxygen atoms in total. The molecule has 3 rings (SSSR count). The predicted octanol–water partition coefficient (Wildman–Crippen LogP) is 6.58. The van der Waals surface area contributed by atoms with Crippen molar-refractivity contribution in [1.29, 1.82) is 0 Å². The van der Waals surface area contributed by atoms with Crippen molar-refractivity contribution in [2.75, 3.05) is 11.9 Å². The van der Waals surface area contributed by atoms with Crippen LogP contribution in [0.5, 0.6) is 11.5 Å². The number of nitrogens with one attached hydrogen (secondary N) is 2. The van der Waals surface area contributed by atoms with Crippen LogP contribution in [-0.4, -0.2) is 24.6 Å². The number of hydrogen-bond acceptors (Lipinski definition) is 5. The molecule has 0 heterocycles. The lowest BCUT2D eigenvalue weighted by Crippen LogP contribution is -2.24. The molecule has 0 saturated heterocycles. The van der Waals surface area contributed by atoms with Gasteiger partial charge in [0, 0.05) is 10.7 Å².